The van der Waals surface area contributed by atoms with Crippen molar-refractivity contribution in [3.05, 3.63) is 41.6 Å². The summed E-state index contributed by atoms with van der Waals surface area (Å²) >= 11 is 0. The molecule has 6 bridgehead atoms. The van der Waals surface area contributed by atoms with Gasteiger partial charge in [-0.25, -0.2) is 0 Å². The maximum Gasteiger partial charge on any atom is 0.220 e. The van der Waals surface area contributed by atoms with Gasteiger partial charge in [-0.15, -0.1) is 0 Å². The van der Waals surface area contributed by atoms with Gasteiger partial charge in [0.1, 0.15) is 5.78 Å². The Bertz CT molecular complexity index is 1030. The van der Waals surface area contributed by atoms with Crippen LogP contribution in [0, 0.1) is 35.0 Å². The standard InChI is InChI=1S/C27H29NO4/c29-24-23-20(19-13-31-26(24)32-19)21(22-18-4-2-1-3-17(18)5-6-28(22)23)25(30)27-10-14-7-15(11-27)9-16(8-14)12-27/h1-6,14-16,19-23,26H,7-13H2. The molecule has 4 saturated carbocycles. The van der Waals surface area contributed by atoms with Crippen LogP contribution < -0.4 is 0 Å². The molecule has 4 aliphatic heterocycles. The van der Waals surface area contributed by atoms with Crippen molar-refractivity contribution in [1.82, 2.24) is 4.90 Å². The summed E-state index contributed by atoms with van der Waals surface area (Å²) in [6, 6.07) is 8.02. The van der Waals surface area contributed by atoms with Crippen LogP contribution in [0.4, 0.5) is 0 Å². The van der Waals surface area contributed by atoms with E-state index in [0.29, 0.717) is 12.4 Å². The second-order valence-corrected chi connectivity index (χ2v) is 11.7. The number of ketones is 2. The highest BCUT2D eigenvalue weighted by Gasteiger charge is 2.67. The lowest BCUT2D eigenvalue weighted by Gasteiger charge is -2.57. The quantitative estimate of drug-likeness (QED) is 0.714. The first-order valence-electron chi connectivity index (χ1n) is 12.5. The summed E-state index contributed by atoms with van der Waals surface area (Å²) in [5.74, 6) is 2.27. The molecular formula is C27H29NO4. The highest BCUT2D eigenvalue weighted by Crippen LogP contribution is 2.64. The maximum atomic E-state index is 14.7. The highest BCUT2D eigenvalue weighted by atomic mass is 16.7. The van der Waals surface area contributed by atoms with Crippen LogP contribution in [0.1, 0.15) is 55.7 Å². The van der Waals surface area contributed by atoms with Crippen molar-refractivity contribution in [3.8, 4) is 0 Å². The molecule has 4 aliphatic carbocycles. The van der Waals surface area contributed by atoms with Crippen LogP contribution in [0.2, 0.25) is 0 Å². The lowest BCUT2D eigenvalue weighted by atomic mass is 9.47. The molecule has 0 spiro atoms. The van der Waals surface area contributed by atoms with Gasteiger partial charge in [0, 0.05) is 17.5 Å². The summed E-state index contributed by atoms with van der Waals surface area (Å²) in [5.41, 5.74) is 2.18. The number of nitrogens with zero attached hydrogens (tertiary/aromatic N) is 1. The van der Waals surface area contributed by atoms with Gasteiger partial charge >= 0.3 is 0 Å². The Balaban J connectivity index is 1.28. The predicted molar refractivity (Wildman–Crippen MR) is 116 cm³/mol. The third-order valence-corrected chi connectivity index (χ3v) is 10.0. The Hall–Kier alpha value is -1.98. The van der Waals surface area contributed by atoms with Gasteiger partial charge in [0.2, 0.25) is 12.1 Å². The highest BCUT2D eigenvalue weighted by molar-refractivity contribution is 5.95. The van der Waals surface area contributed by atoms with Crippen LogP contribution >= 0.6 is 0 Å². The second kappa shape index (κ2) is 6.12. The topological polar surface area (TPSA) is 55.8 Å². The summed E-state index contributed by atoms with van der Waals surface area (Å²) in [7, 11) is 0. The van der Waals surface area contributed by atoms with Crippen LogP contribution in [-0.2, 0) is 19.1 Å². The van der Waals surface area contributed by atoms with Crippen LogP contribution in [0.5, 0.6) is 0 Å². The third kappa shape index (κ3) is 2.22. The fourth-order valence-electron chi connectivity index (χ4n) is 9.37. The van der Waals surface area contributed by atoms with E-state index < -0.39 is 6.29 Å². The molecule has 7 fully saturated rings. The number of carbonyl (C=O) groups excluding carboxylic acids is 2. The Kier molecular flexibility index (Phi) is 3.53. The summed E-state index contributed by atoms with van der Waals surface area (Å²) in [6.07, 6.45) is 10.4. The van der Waals surface area contributed by atoms with Gasteiger partial charge in [-0.1, -0.05) is 24.3 Å². The van der Waals surface area contributed by atoms with E-state index >= 15 is 0 Å². The molecule has 0 radical (unpaired) electrons. The first-order valence-corrected chi connectivity index (χ1v) is 12.5. The minimum Gasteiger partial charge on any atom is -0.359 e. The van der Waals surface area contributed by atoms with Crippen LogP contribution in [0.3, 0.4) is 0 Å². The average molecular weight is 432 g/mol. The second-order valence-electron chi connectivity index (χ2n) is 11.7. The number of Topliss-reactive ketones (excluding diaryl/α,β-unsaturated/α-hetero) is 2. The van der Waals surface area contributed by atoms with Gasteiger partial charge in [0.15, 0.2) is 0 Å². The molecule has 3 saturated heterocycles. The number of benzene rings is 1. The van der Waals surface area contributed by atoms with Gasteiger partial charge in [-0.2, -0.15) is 0 Å². The largest absolute Gasteiger partial charge is 0.359 e. The lowest BCUT2D eigenvalue weighted by molar-refractivity contribution is -0.166. The van der Waals surface area contributed by atoms with Crippen molar-refractivity contribution >= 4 is 17.6 Å². The number of fused-ring (bicyclic) bond motifs is 8. The van der Waals surface area contributed by atoms with E-state index in [1.807, 2.05) is 0 Å². The van der Waals surface area contributed by atoms with Gasteiger partial charge in [0.25, 0.3) is 0 Å². The maximum absolute atomic E-state index is 14.7. The van der Waals surface area contributed by atoms with E-state index in [1.54, 1.807) is 0 Å². The Morgan fingerprint density at radius 3 is 2.47 bits per heavy atom. The monoisotopic (exact) mass is 431 g/mol. The van der Waals surface area contributed by atoms with Crippen molar-refractivity contribution in [1.29, 1.82) is 0 Å². The van der Waals surface area contributed by atoms with E-state index in [9.17, 15) is 9.59 Å². The van der Waals surface area contributed by atoms with Gasteiger partial charge in [0.05, 0.1) is 30.7 Å². The van der Waals surface area contributed by atoms with Crippen LogP contribution in [0.25, 0.3) is 6.08 Å². The van der Waals surface area contributed by atoms with E-state index in [2.05, 4.69) is 41.4 Å². The van der Waals surface area contributed by atoms with E-state index in [4.69, 9.17) is 9.47 Å². The molecule has 5 nitrogen and oxygen atoms in total. The molecule has 1 aromatic rings. The van der Waals surface area contributed by atoms with Crippen molar-refractivity contribution in [2.24, 2.45) is 35.0 Å². The number of hydrogen-bond donors (Lipinski definition) is 0. The molecule has 9 rings (SSSR count). The van der Waals surface area contributed by atoms with E-state index in [0.717, 1.165) is 37.0 Å². The molecule has 5 heteroatoms. The molecular weight excluding hydrogens is 402 g/mol. The Morgan fingerprint density at radius 2 is 1.72 bits per heavy atom. The Labute approximate surface area is 188 Å². The first-order chi connectivity index (χ1) is 15.6. The fraction of sp³-hybridized carbons (Fsp3) is 0.630. The van der Waals surface area contributed by atoms with E-state index in [1.165, 1.54) is 30.4 Å². The molecule has 0 N–H and O–H groups in total. The summed E-state index contributed by atoms with van der Waals surface area (Å²) in [6.45, 7) is 0.425. The molecule has 32 heavy (non-hydrogen) atoms. The predicted octanol–water partition coefficient (Wildman–Crippen LogP) is 3.74. The van der Waals surface area contributed by atoms with Gasteiger partial charge in [-0.05, 0) is 73.5 Å². The lowest BCUT2D eigenvalue weighted by Crippen LogP contribution is -2.55. The van der Waals surface area contributed by atoms with Crippen molar-refractivity contribution in [3.63, 3.8) is 0 Å². The van der Waals surface area contributed by atoms with Crippen LogP contribution in [0.15, 0.2) is 30.5 Å². The smallest absolute Gasteiger partial charge is 0.220 e. The normalized spacial score (nSPS) is 49.2. The van der Waals surface area contributed by atoms with E-state index in [-0.39, 0.29) is 41.2 Å². The number of carbonyl (C=O) groups is 2. The summed E-state index contributed by atoms with van der Waals surface area (Å²) in [4.78, 5) is 30.4. The summed E-state index contributed by atoms with van der Waals surface area (Å²) in [5, 5.41) is 0. The Morgan fingerprint density at radius 1 is 1.00 bits per heavy atom. The zero-order valence-electron chi connectivity index (χ0n) is 18.2. The van der Waals surface area contributed by atoms with Crippen LogP contribution in [-0.4, -0.2) is 41.5 Å². The molecule has 0 amide bonds. The molecule has 6 atom stereocenters. The average Bonchev–Trinajstić information content (AvgIpc) is 3.37. The SMILES string of the molecule is O=C1C2OCC(O2)C2C(C(=O)C34CC5CC(CC(C5)C3)C4)C3c4ccccc4C=CN3C12. The zero-order valence-corrected chi connectivity index (χ0v) is 18.2. The third-order valence-electron chi connectivity index (χ3n) is 10.0. The van der Waals surface area contributed by atoms with Gasteiger partial charge in [-0.3, -0.25) is 9.59 Å². The minimum atomic E-state index is -0.763. The molecule has 166 valence electrons. The molecule has 6 unspecified atom stereocenters. The minimum absolute atomic E-state index is 0.00130. The molecule has 1 aromatic carbocycles. The van der Waals surface area contributed by atoms with Crippen molar-refractivity contribution < 1.29 is 19.1 Å². The zero-order chi connectivity index (χ0) is 21.2. The molecule has 4 heterocycles. The summed E-state index contributed by atoms with van der Waals surface area (Å²) < 4.78 is 11.8. The van der Waals surface area contributed by atoms with Crippen molar-refractivity contribution in [2.45, 2.75) is 63.0 Å². The fourth-order valence-corrected chi connectivity index (χ4v) is 9.37. The number of ether oxygens (including phenoxy) is 2. The molecule has 0 aromatic heterocycles. The number of rotatable bonds is 2. The number of hydrogen-bond acceptors (Lipinski definition) is 5. The molecule has 8 aliphatic rings. The van der Waals surface area contributed by atoms with Crippen molar-refractivity contribution in [2.75, 3.05) is 6.61 Å². The van der Waals surface area contributed by atoms with Gasteiger partial charge < -0.3 is 14.4 Å². The first kappa shape index (κ1) is 18.4.